The molecule has 0 aliphatic carbocycles. The van der Waals surface area contributed by atoms with Crippen LogP contribution in [0.25, 0.3) is 11.1 Å². The summed E-state index contributed by atoms with van der Waals surface area (Å²) in [4.78, 5) is 0. The lowest BCUT2D eigenvalue weighted by Crippen LogP contribution is -2.10. The SMILES string of the molecule is COc1ccc(Cl)cc1-c1c(CC(C)(C)C)noc1N. The second-order valence-electron chi connectivity index (χ2n) is 5.95. The van der Waals surface area contributed by atoms with Crippen LogP contribution in [0.15, 0.2) is 22.7 Å². The molecule has 0 amide bonds. The molecule has 0 bridgehead atoms. The summed E-state index contributed by atoms with van der Waals surface area (Å²) in [7, 11) is 1.61. The van der Waals surface area contributed by atoms with Crippen molar-refractivity contribution in [1.82, 2.24) is 5.16 Å². The minimum absolute atomic E-state index is 0.0733. The summed E-state index contributed by atoms with van der Waals surface area (Å²) in [5.41, 5.74) is 8.39. The third kappa shape index (κ3) is 3.07. The van der Waals surface area contributed by atoms with Gasteiger partial charge in [0.2, 0.25) is 5.88 Å². The molecule has 2 N–H and O–H groups in total. The molecule has 1 aromatic carbocycles. The summed E-state index contributed by atoms with van der Waals surface area (Å²) < 4.78 is 10.5. The topological polar surface area (TPSA) is 61.3 Å². The number of ether oxygens (including phenoxy) is 1. The van der Waals surface area contributed by atoms with E-state index in [1.807, 2.05) is 12.1 Å². The van der Waals surface area contributed by atoms with Crippen LogP contribution in [0, 0.1) is 5.41 Å². The van der Waals surface area contributed by atoms with Gasteiger partial charge in [-0.05, 0) is 30.0 Å². The number of rotatable bonds is 3. The number of benzene rings is 1. The molecule has 0 unspecified atom stereocenters. The van der Waals surface area contributed by atoms with Crippen LogP contribution in [0.1, 0.15) is 26.5 Å². The Hall–Kier alpha value is -1.68. The fraction of sp³-hybridized carbons (Fsp3) is 0.400. The van der Waals surface area contributed by atoms with Gasteiger partial charge in [-0.1, -0.05) is 37.5 Å². The lowest BCUT2D eigenvalue weighted by atomic mass is 9.88. The molecule has 2 aromatic rings. The third-order valence-electron chi connectivity index (χ3n) is 2.92. The van der Waals surface area contributed by atoms with Crippen LogP contribution >= 0.6 is 11.6 Å². The fourth-order valence-corrected chi connectivity index (χ4v) is 2.30. The van der Waals surface area contributed by atoms with Crippen molar-refractivity contribution < 1.29 is 9.26 Å². The Labute approximate surface area is 123 Å². The Balaban J connectivity index is 2.58. The van der Waals surface area contributed by atoms with Crippen molar-refractivity contribution in [3.05, 3.63) is 28.9 Å². The smallest absolute Gasteiger partial charge is 0.230 e. The van der Waals surface area contributed by atoms with Gasteiger partial charge in [0.05, 0.1) is 18.4 Å². The maximum absolute atomic E-state index is 6.08. The van der Waals surface area contributed by atoms with E-state index in [2.05, 4.69) is 25.9 Å². The Morgan fingerprint density at radius 2 is 2.05 bits per heavy atom. The van der Waals surface area contributed by atoms with E-state index in [4.69, 9.17) is 26.6 Å². The molecule has 0 saturated carbocycles. The minimum atomic E-state index is 0.0733. The van der Waals surface area contributed by atoms with E-state index < -0.39 is 0 Å². The molecule has 108 valence electrons. The van der Waals surface area contributed by atoms with E-state index >= 15 is 0 Å². The molecular formula is C15H19ClN2O2. The van der Waals surface area contributed by atoms with Crippen LogP contribution in [0.4, 0.5) is 5.88 Å². The second-order valence-corrected chi connectivity index (χ2v) is 6.39. The molecule has 1 aromatic heterocycles. The Morgan fingerprint density at radius 3 is 2.65 bits per heavy atom. The molecule has 0 fully saturated rings. The largest absolute Gasteiger partial charge is 0.496 e. The van der Waals surface area contributed by atoms with E-state index in [1.165, 1.54) is 0 Å². The Bertz CT molecular complexity index is 615. The number of halogens is 1. The van der Waals surface area contributed by atoms with Crippen molar-refractivity contribution >= 4 is 17.5 Å². The summed E-state index contributed by atoms with van der Waals surface area (Å²) in [6, 6.07) is 5.40. The first kappa shape index (κ1) is 14.7. The average Bonchev–Trinajstić information content (AvgIpc) is 2.68. The van der Waals surface area contributed by atoms with Crippen molar-refractivity contribution in [2.24, 2.45) is 5.41 Å². The van der Waals surface area contributed by atoms with Gasteiger partial charge in [-0.25, -0.2) is 0 Å². The number of hydrogen-bond acceptors (Lipinski definition) is 4. The van der Waals surface area contributed by atoms with Crippen molar-refractivity contribution in [2.75, 3.05) is 12.8 Å². The zero-order chi connectivity index (χ0) is 14.9. The maximum Gasteiger partial charge on any atom is 0.230 e. The molecule has 0 aliphatic heterocycles. The summed E-state index contributed by atoms with van der Waals surface area (Å²) in [5, 5.41) is 4.70. The van der Waals surface area contributed by atoms with Crippen LogP contribution in [-0.2, 0) is 6.42 Å². The highest BCUT2D eigenvalue weighted by Gasteiger charge is 2.23. The maximum atomic E-state index is 6.08. The third-order valence-corrected chi connectivity index (χ3v) is 3.15. The highest BCUT2D eigenvalue weighted by Crippen LogP contribution is 2.39. The first-order chi connectivity index (χ1) is 9.31. The van der Waals surface area contributed by atoms with E-state index in [-0.39, 0.29) is 11.3 Å². The number of nitrogens with zero attached hydrogens (tertiary/aromatic N) is 1. The number of nitrogens with two attached hydrogens (primary N) is 1. The number of methoxy groups -OCH3 is 1. The first-order valence-corrected chi connectivity index (χ1v) is 6.77. The standard InChI is InChI=1S/C15H19ClN2O2/c1-15(2,3)8-11-13(14(17)20-18-11)10-7-9(16)5-6-12(10)19-4/h5-7H,8,17H2,1-4H3. The van der Waals surface area contributed by atoms with Gasteiger partial charge in [0.25, 0.3) is 0 Å². The van der Waals surface area contributed by atoms with Crippen molar-refractivity contribution in [3.8, 4) is 16.9 Å². The lowest BCUT2D eigenvalue weighted by Gasteiger charge is -2.17. The zero-order valence-corrected chi connectivity index (χ0v) is 12.9. The summed E-state index contributed by atoms with van der Waals surface area (Å²) in [5.74, 6) is 0.976. The van der Waals surface area contributed by atoms with Gasteiger partial charge in [-0.15, -0.1) is 0 Å². The molecular weight excluding hydrogens is 276 g/mol. The van der Waals surface area contributed by atoms with E-state index in [1.54, 1.807) is 13.2 Å². The first-order valence-electron chi connectivity index (χ1n) is 6.40. The van der Waals surface area contributed by atoms with Crippen LogP contribution in [0.5, 0.6) is 5.75 Å². The predicted molar refractivity (Wildman–Crippen MR) is 81.1 cm³/mol. The molecule has 0 aliphatic rings. The monoisotopic (exact) mass is 294 g/mol. The van der Waals surface area contributed by atoms with Crippen molar-refractivity contribution in [1.29, 1.82) is 0 Å². The minimum Gasteiger partial charge on any atom is -0.496 e. The van der Waals surface area contributed by atoms with E-state index in [0.29, 0.717) is 10.8 Å². The molecule has 2 rings (SSSR count). The van der Waals surface area contributed by atoms with Gasteiger partial charge >= 0.3 is 0 Å². The number of aromatic nitrogens is 1. The second kappa shape index (κ2) is 5.37. The van der Waals surface area contributed by atoms with Crippen LogP contribution in [-0.4, -0.2) is 12.3 Å². The van der Waals surface area contributed by atoms with Crippen LogP contribution in [0.3, 0.4) is 0 Å². The van der Waals surface area contributed by atoms with Gasteiger partial charge in [0, 0.05) is 10.6 Å². The molecule has 0 atom stereocenters. The molecule has 0 spiro atoms. The zero-order valence-electron chi connectivity index (χ0n) is 12.2. The predicted octanol–water partition coefficient (Wildman–Crippen LogP) is 4.17. The highest BCUT2D eigenvalue weighted by atomic mass is 35.5. The van der Waals surface area contributed by atoms with Crippen LogP contribution < -0.4 is 10.5 Å². The van der Waals surface area contributed by atoms with Gasteiger partial charge in [0.1, 0.15) is 5.75 Å². The molecule has 5 heteroatoms. The summed E-state index contributed by atoms with van der Waals surface area (Å²) in [6.07, 6.45) is 0.749. The quantitative estimate of drug-likeness (QED) is 0.922. The van der Waals surface area contributed by atoms with Crippen molar-refractivity contribution in [3.63, 3.8) is 0 Å². The number of anilines is 1. The van der Waals surface area contributed by atoms with Gasteiger partial charge in [0.15, 0.2) is 0 Å². The number of hydrogen-bond donors (Lipinski definition) is 1. The lowest BCUT2D eigenvalue weighted by molar-refractivity contribution is 0.377. The average molecular weight is 295 g/mol. The van der Waals surface area contributed by atoms with Gasteiger partial charge < -0.3 is 15.0 Å². The fourth-order valence-electron chi connectivity index (χ4n) is 2.12. The molecule has 4 nitrogen and oxygen atoms in total. The normalized spacial score (nSPS) is 11.7. The van der Waals surface area contributed by atoms with Crippen molar-refractivity contribution in [2.45, 2.75) is 27.2 Å². The summed E-state index contributed by atoms with van der Waals surface area (Å²) >= 11 is 6.08. The summed E-state index contributed by atoms with van der Waals surface area (Å²) in [6.45, 7) is 6.41. The van der Waals surface area contributed by atoms with E-state index in [0.717, 1.165) is 23.2 Å². The molecule has 0 radical (unpaired) electrons. The van der Waals surface area contributed by atoms with Crippen LogP contribution in [0.2, 0.25) is 5.02 Å². The van der Waals surface area contributed by atoms with E-state index in [9.17, 15) is 0 Å². The van der Waals surface area contributed by atoms with Gasteiger partial charge in [-0.3, -0.25) is 0 Å². The molecule has 1 heterocycles. The highest BCUT2D eigenvalue weighted by molar-refractivity contribution is 6.31. The molecule has 20 heavy (non-hydrogen) atoms. The Kier molecular flexibility index (Phi) is 3.95. The van der Waals surface area contributed by atoms with Gasteiger partial charge in [-0.2, -0.15) is 0 Å². The Morgan fingerprint density at radius 1 is 1.35 bits per heavy atom. The number of nitrogen functional groups attached to an aromatic ring is 1. The molecule has 0 saturated heterocycles.